The lowest BCUT2D eigenvalue weighted by Crippen LogP contribution is -2.52. The van der Waals surface area contributed by atoms with E-state index in [1.807, 2.05) is 55.1 Å². The Morgan fingerprint density at radius 2 is 1.92 bits per heavy atom. The minimum absolute atomic E-state index is 0.0197. The van der Waals surface area contributed by atoms with E-state index < -0.39 is 0 Å². The summed E-state index contributed by atoms with van der Waals surface area (Å²) in [6.45, 7) is 7.66. The number of hydrogen-bond donors (Lipinski definition) is 1. The first-order chi connectivity index (χ1) is 12.7. The van der Waals surface area contributed by atoms with E-state index in [1.54, 1.807) is 12.4 Å². The highest BCUT2D eigenvalue weighted by molar-refractivity contribution is 5.75. The molecule has 26 heavy (non-hydrogen) atoms. The summed E-state index contributed by atoms with van der Waals surface area (Å²) in [5.41, 5.74) is 2.20. The zero-order valence-electron chi connectivity index (χ0n) is 15.4. The number of anilines is 1. The van der Waals surface area contributed by atoms with E-state index >= 15 is 0 Å². The summed E-state index contributed by atoms with van der Waals surface area (Å²) in [6, 6.07) is 11.8. The summed E-state index contributed by atoms with van der Waals surface area (Å²) in [5, 5.41) is 3.09. The van der Waals surface area contributed by atoms with Gasteiger partial charge >= 0.3 is 6.03 Å². The quantitative estimate of drug-likeness (QED) is 0.896. The van der Waals surface area contributed by atoms with E-state index in [4.69, 9.17) is 4.74 Å². The minimum atomic E-state index is -0.0684. The van der Waals surface area contributed by atoms with Gasteiger partial charge in [-0.2, -0.15) is 0 Å². The molecule has 3 rings (SSSR count). The van der Waals surface area contributed by atoms with Gasteiger partial charge in [0, 0.05) is 44.3 Å². The van der Waals surface area contributed by atoms with Crippen molar-refractivity contribution in [3.05, 3.63) is 54.4 Å². The molecule has 0 saturated carbocycles. The van der Waals surface area contributed by atoms with Crippen LogP contribution in [0.4, 0.5) is 10.5 Å². The summed E-state index contributed by atoms with van der Waals surface area (Å²) in [7, 11) is 0. The van der Waals surface area contributed by atoms with Gasteiger partial charge in [0.25, 0.3) is 0 Å². The summed E-state index contributed by atoms with van der Waals surface area (Å²) < 4.78 is 5.54. The molecule has 2 aromatic rings. The molecule has 1 N–H and O–H groups in total. The predicted molar refractivity (Wildman–Crippen MR) is 103 cm³/mol. The average molecular weight is 354 g/mol. The molecule has 2 heterocycles. The molecule has 0 aliphatic carbocycles. The van der Waals surface area contributed by atoms with E-state index in [0.29, 0.717) is 19.7 Å². The normalized spacial score (nSPS) is 15.5. The van der Waals surface area contributed by atoms with Crippen LogP contribution >= 0.6 is 0 Å². The second-order valence-electron chi connectivity index (χ2n) is 6.36. The number of amides is 2. The highest BCUT2D eigenvalue weighted by Crippen LogP contribution is 2.20. The Hall–Kier alpha value is -2.76. The van der Waals surface area contributed by atoms with Crippen LogP contribution in [-0.2, 0) is 0 Å². The van der Waals surface area contributed by atoms with Crippen LogP contribution in [0.5, 0.6) is 5.75 Å². The van der Waals surface area contributed by atoms with Crippen LogP contribution in [0, 0.1) is 0 Å². The van der Waals surface area contributed by atoms with E-state index in [2.05, 4.69) is 15.2 Å². The average Bonchev–Trinajstić information content (AvgIpc) is 2.69. The lowest BCUT2D eigenvalue weighted by atomic mass is 10.1. The Bertz CT molecular complexity index is 715. The Kier molecular flexibility index (Phi) is 5.94. The molecule has 1 atom stereocenters. The fourth-order valence-corrected chi connectivity index (χ4v) is 3.12. The summed E-state index contributed by atoms with van der Waals surface area (Å²) >= 11 is 0. The van der Waals surface area contributed by atoms with Crippen LogP contribution in [0.15, 0.2) is 48.8 Å². The fraction of sp³-hybridized carbons (Fsp3) is 0.400. The van der Waals surface area contributed by atoms with Crippen molar-refractivity contribution in [1.82, 2.24) is 15.2 Å². The summed E-state index contributed by atoms with van der Waals surface area (Å²) in [5.74, 6) is 0.831. The third-order valence-electron chi connectivity index (χ3n) is 4.60. The third-order valence-corrected chi connectivity index (χ3v) is 4.60. The number of ether oxygens (including phenoxy) is 1. The molecular formula is C20H26N4O2. The van der Waals surface area contributed by atoms with Gasteiger partial charge in [-0.15, -0.1) is 0 Å². The summed E-state index contributed by atoms with van der Waals surface area (Å²) in [6.07, 6.45) is 3.60. The van der Waals surface area contributed by atoms with Crippen molar-refractivity contribution in [2.24, 2.45) is 0 Å². The zero-order chi connectivity index (χ0) is 18.4. The monoisotopic (exact) mass is 354 g/mol. The van der Waals surface area contributed by atoms with E-state index in [9.17, 15) is 4.79 Å². The number of carbonyl (C=O) groups excluding carboxylic acids is 1. The molecular weight excluding hydrogens is 328 g/mol. The van der Waals surface area contributed by atoms with Crippen molar-refractivity contribution in [2.45, 2.75) is 19.9 Å². The molecule has 1 aromatic carbocycles. The number of rotatable bonds is 5. The standard InChI is InChI=1S/C20H26N4O2/c1-3-26-19-6-4-5-17(15-19)16(2)22-20(25)24-13-11-23(12-14-24)18-7-9-21-10-8-18/h4-10,15-16H,3,11-14H2,1-2H3,(H,22,25). The maximum absolute atomic E-state index is 12.6. The maximum atomic E-state index is 12.6. The first-order valence-electron chi connectivity index (χ1n) is 9.10. The molecule has 1 aliphatic heterocycles. The first-order valence-corrected chi connectivity index (χ1v) is 9.10. The number of hydrogen-bond acceptors (Lipinski definition) is 4. The Labute approximate surface area is 154 Å². The van der Waals surface area contributed by atoms with E-state index in [-0.39, 0.29) is 12.1 Å². The van der Waals surface area contributed by atoms with Gasteiger partial charge in [0.05, 0.1) is 12.6 Å². The number of piperazine rings is 1. The van der Waals surface area contributed by atoms with Crippen molar-refractivity contribution in [3.8, 4) is 5.75 Å². The van der Waals surface area contributed by atoms with Crippen molar-refractivity contribution in [3.63, 3.8) is 0 Å². The Balaban J connectivity index is 1.53. The number of benzene rings is 1. The molecule has 2 amide bonds. The maximum Gasteiger partial charge on any atom is 0.317 e. The van der Waals surface area contributed by atoms with Crippen LogP contribution in [0.25, 0.3) is 0 Å². The molecule has 0 spiro atoms. The van der Waals surface area contributed by atoms with Gasteiger partial charge in [0.1, 0.15) is 5.75 Å². The highest BCUT2D eigenvalue weighted by atomic mass is 16.5. The second kappa shape index (κ2) is 8.56. The minimum Gasteiger partial charge on any atom is -0.494 e. The third kappa shape index (κ3) is 4.45. The van der Waals surface area contributed by atoms with Gasteiger partial charge in [0.15, 0.2) is 0 Å². The van der Waals surface area contributed by atoms with Gasteiger partial charge in [0.2, 0.25) is 0 Å². The fourth-order valence-electron chi connectivity index (χ4n) is 3.12. The van der Waals surface area contributed by atoms with Crippen molar-refractivity contribution in [1.29, 1.82) is 0 Å². The van der Waals surface area contributed by atoms with Gasteiger partial charge in [-0.3, -0.25) is 4.98 Å². The van der Waals surface area contributed by atoms with Crippen LogP contribution in [0.2, 0.25) is 0 Å². The number of urea groups is 1. The number of nitrogens with zero attached hydrogens (tertiary/aromatic N) is 3. The Morgan fingerprint density at radius 1 is 1.19 bits per heavy atom. The molecule has 6 nitrogen and oxygen atoms in total. The Morgan fingerprint density at radius 3 is 2.62 bits per heavy atom. The van der Waals surface area contributed by atoms with Crippen molar-refractivity contribution < 1.29 is 9.53 Å². The van der Waals surface area contributed by atoms with Gasteiger partial charge in [-0.05, 0) is 43.7 Å². The second-order valence-corrected chi connectivity index (χ2v) is 6.36. The lowest BCUT2D eigenvalue weighted by molar-refractivity contribution is 0.191. The SMILES string of the molecule is CCOc1cccc(C(C)NC(=O)N2CCN(c3ccncc3)CC2)c1. The van der Waals surface area contributed by atoms with Gasteiger partial charge < -0.3 is 19.9 Å². The molecule has 1 saturated heterocycles. The topological polar surface area (TPSA) is 57.7 Å². The number of aromatic nitrogens is 1. The van der Waals surface area contributed by atoms with Gasteiger partial charge in [-0.1, -0.05) is 12.1 Å². The van der Waals surface area contributed by atoms with E-state index in [1.165, 1.54) is 0 Å². The first kappa shape index (κ1) is 18.0. The molecule has 138 valence electrons. The molecule has 1 fully saturated rings. The summed E-state index contributed by atoms with van der Waals surface area (Å²) in [4.78, 5) is 20.8. The number of nitrogens with one attached hydrogen (secondary N) is 1. The molecule has 1 aliphatic rings. The number of carbonyl (C=O) groups is 1. The lowest BCUT2D eigenvalue weighted by Gasteiger charge is -2.36. The number of pyridine rings is 1. The predicted octanol–water partition coefficient (Wildman–Crippen LogP) is 3.07. The van der Waals surface area contributed by atoms with Crippen molar-refractivity contribution >= 4 is 11.7 Å². The zero-order valence-corrected chi connectivity index (χ0v) is 15.4. The van der Waals surface area contributed by atoms with E-state index in [0.717, 1.165) is 30.1 Å². The molecule has 1 aromatic heterocycles. The largest absolute Gasteiger partial charge is 0.494 e. The van der Waals surface area contributed by atoms with Crippen LogP contribution in [0.3, 0.4) is 0 Å². The van der Waals surface area contributed by atoms with Crippen LogP contribution in [-0.4, -0.2) is 48.7 Å². The highest BCUT2D eigenvalue weighted by Gasteiger charge is 2.22. The molecule has 6 heteroatoms. The molecule has 0 bridgehead atoms. The van der Waals surface area contributed by atoms with Crippen molar-refractivity contribution in [2.75, 3.05) is 37.7 Å². The van der Waals surface area contributed by atoms with Gasteiger partial charge in [-0.25, -0.2) is 4.79 Å². The van der Waals surface area contributed by atoms with Crippen LogP contribution in [0.1, 0.15) is 25.5 Å². The molecule has 1 unspecified atom stereocenters. The van der Waals surface area contributed by atoms with Crippen LogP contribution < -0.4 is 15.0 Å². The molecule has 0 radical (unpaired) electrons. The smallest absolute Gasteiger partial charge is 0.317 e.